The molecule has 1 N–H and O–H groups in total. The smallest absolute Gasteiger partial charge is 0.206 e. The maximum absolute atomic E-state index is 5.82. The van der Waals surface area contributed by atoms with E-state index in [0.29, 0.717) is 13.2 Å². The largest absolute Gasteiger partial charge is 0.372 e. The molecular formula is C17H18N4OS. The monoisotopic (exact) mass is 326 g/mol. The lowest BCUT2D eigenvalue weighted by atomic mass is 10.1. The maximum atomic E-state index is 5.82. The Kier molecular flexibility index (Phi) is 5.29. The number of pyridine rings is 1. The number of benzene rings is 1. The van der Waals surface area contributed by atoms with Crippen molar-refractivity contribution in [3.8, 4) is 10.7 Å². The van der Waals surface area contributed by atoms with Crippen molar-refractivity contribution in [2.45, 2.75) is 13.0 Å². The van der Waals surface area contributed by atoms with Gasteiger partial charge in [0.1, 0.15) is 5.69 Å². The summed E-state index contributed by atoms with van der Waals surface area (Å²) in [4.78, 5) is 4.29. The number of hydrogen-bond acceptors (Lipinski definition) is 6. The molecule has 1 unspecified atom stereocenters. The number of ether oxygens (including phenoxy) is 1. The number of aromatic nitrogens is 3. The van der Waals surface area contributed by atoms with Gasteiger partial charge in [0.2, 0.25) is 5.13 Å². The molecule has 0 aliphatic heterocycles. The molecule has 0 spiro atoms. The van der Waals surface area contributed by atoms with E-state index in [1.54, 1.807) is 6.20 Å². The average Bonchev–Trinajstić information content (AvgIpc) is 3.09. The molecule has 23 heavy (non-hydrogen) atoms. The fourth-order valence-corrected chi connectivity index (χ4v) is 2.94. The summed E-state index contributed by atoms with van der Waals surface area (Å²) in [6, 6.07) is 15.9. The van der Waals surface area contributed by atoms with E-state index in [1.807, 2.05) is 43.3 Å². The molecule has 0 amide bonds. The first kappa shape index (κ1) is 15.6. The normalized spacial score (nSPS) is 12.0. The zero-order valence-corrected chi connectivity index (χ0v) is 13.7. The first-order valence-corrected chi connectivity index (χ1v) is 8.34. The highest BCUT2D eigenvalue weighted by Gasteiger charge is 2.13. The van der Waals surface area contributed by atoms with Gasteiger partial charge in [-0.15, -0.1) is 10.2 Å². The quantitative estimate of drug-likeness (QED) is 0.716. The van der Waals surface area contributed by atoms with Crippen molar-refractivity contribution in [2.75, 3.05) is 18.5 Å². The lowest BCUT2D eigenvalue weighted by molar-refractivity contribution is 0.0719. The maximum Gasteiger partial charge on any atom is 0.206 e. The summed E-state index contributed by atoms with van der Waals surface area (Å²) in [5, 5.41) is 13.3. The summed E-state index contributed by atoms with van der Waals surface area (Å²) < 4.78 is 5.82. The third-order valence-corrected chi connectivity index (χ3v) is 4.19. The van der Waals surface area contributed by atoms with Crippen LogP contribution in [0.3, 0.4) is 0 Å². The van der Waals surface area contributed by atoms with Gasteiger partial charge in [-0.1, -0.05) is 47.7 Å². The van der Waals surface area contributed by atoms with Crippen LogP contribution in [0.25, 0.3) is 10.7 Å². The lowest BCUT2D eigenvalue weighted by Gasteiger charge is -2.17. The number of nitrogens with zero attached hydrogens (tertiary/aromatic N) is 3. The second-order valence-corrected chi connectivity index (χ2v) is 5.84. The summed E-state index contributed by atoms with van der Waals surface area (Å²) in [7, 11) is 0. The number of nitrogens with one attached hydrogen (secondary N) is 1. The Morgan fingerprint density at radius 2 is 1.91 bits per heavy atom. The van der Waals surface area contributed by atoms with Gasteiger partial charge in [0.15, 0.2) is 5.01 Å². The van der Waals surface area contributed by atoms with Crippen molar-refractivity contribution < 1.29 is 4.74 Å². The van der Waals surface area contributed by atoms with Gasteiger partial charge in [-0.25, -0.2) is 0 Å². The highest BCUT2D eigenvalue weighted by Crippen LogP contribution is 2.25. The fraction of sp³-hybridized carbons (Fsp3) is 0.235. The molecule has 0 aliphatic rings. The predicted molar refractivity (Wildman–Crippen MR) is 92.4 cm³/mol. The van der Waals surface area contributed by atoms with Crippen molar-refractivity contribution in [2.24, 2.45) is 0 Å². The summed E-state index contributed by atoms with van der Waals surface area (Å²) in [5.41, 5.74) is 1.98. The van der Waals surface area contributed by atoms with Gasteiger partial charge in [-0.05, 0) is 24.6 Å². The second-order valence-electron chi connectivity index (χ2n) is 4.86. The molecule has 0 saturated heterocycles. The molecule has 0 saturated carbocycles. The molecule has 0 fully saturated rings. The Balaban J connectivity index is 1.66. The van der Waals surface area contributed by atoms with E-state index in [4.69, 9.17) is 4.74 Å². The van der Waals surface area contributed by atoms with Crippen molar-refractivity contribution in [3.63, 3.8) is 0 Å². The molecular weight excluding hydrogens is 308 g/mol. The zero-order chi connectivity index (χ0) is 15.9. The molecule has 0 radical (unpaired) electrons. The Labute approximate surface area is 139 Å². The molecule has 1 aromatic carbocycles. The molecule has 2 heterocycles. The van der Waals surface area contributed by atoms with E-state index < -0.39 is 0 Å². The van der Waals surface area contributed by atoms with Crippen molar-refractivity contribution in [1.29, 1.82) is 0 Å². The summed E-state index contributed by atoms with van der Waals surface area (Å²) >= 11 is 1.49. The average molecular weight is 326 g/mol. The minimum Gasteiger partial charge on any atom is -0.372 e. The van der Waals surface area contributed by atoms with Crippen molar-refractivity contribution in [3.05, 3.63) is 60.3 Å². The molecule has 0 bridgehead atoms. The Hall–Kier alpha value is -2.31. The van der Waals surface area contributed by atoms with Crippen LogP contribution in [0.1, 0.15) is 18.6 Å². The minimum atomic E-state index is -0.0107. The summed E-state index contributed by atoms with van der Waals surface area (Å²) in [5.74, 6) is 0. The van der Waals surface area contributed by atoms with E-state index in [0.717, 1.165) is 21.4 Å². The number of hydrogen-bond donors (Lipinski definition) is 1. The highest BCUT2D eigenvalue weighted by atomic mass is 32.1. The zero-order valence-electron chi connectivity index (χ0n) is 12.8. The molecule has 1 atom stereocenters. The van der Waals surface area contributed by atoms with Crippen LogP contribution in [0, 0.1) is 0 Å². The van der Waals surface area contributed by atoms with Crippen LogP contribution >= 0.6 is 11.3 Å². The van der Waals surface area contributed by atoms with Gasteiger partial charge in [0, 0.05) is 19.3 Å². The van der Waals surface area contributed by atoms with E-state index in [1.165, 1.54) is 11.3 Å². The fourth-order valence-electron chi connectivity index (χ4n) is 2.21. The van der Waals surface area contributed by atoms with Crippen LogP contribution in [-0.4, -0.2) is 28.3 Å². The van der Waals surface area contributed by atoms with Gasteiger partial charge in [-0.3, -0.25) is 4.98 Å². The minimum absolute atomic E-state index is 0.0107. The topological polar surface area (TPSA) is 59.9 Å². The summed E-state index contributed by atoms with van der Waals surface area (Å²) in [6.07, 6.45) is 1.74. The molecule has 118 valence electrons. The van der Waals surface area contributed by atoms with E-state index in [9.17, 15) is 0 Å². The third kappa shape index (κ3) is 4.12. The van der Waals surface area contributed by atoms with Crippen LogP contribution in [0.2, 0.25) is 0 Å². The third-order valence-electron chi connectivity index (χ3n) is 3.29. The Morgan fingerprint density at radius 3 is 2.65 bits per heavy atom. The standard InChI is InChI=1S/C17H18N4OS/c1-2-22-15(13-8-4-3-5-9-13)12-19-17-21-20-16(23-17)14-10-6-7-11-18-14/h3-11,15H,2,12H2,1H3,(H,19,21). The summed E-state index contributed by atoms with van der Waals surface area (Å²) in [6.45, 7) is 3.31. The second kappa shape index (κ2) is 7.80. The van der Waals surface area contributed by atoms with Crippen LogP contribution in [0.4, 0.5) is 5.13 Å². The van der Waals surface area contributed by atoms with Gasteiger partial charge in [0.05, 0.1) is 6.10 Å². The van der Waals surface area contributed by atoms with Gasteiger partial charge in [-0.2, -0.15) is 0 Å². The number of rotatable bonds is 7. The lowest BCUT2D eigenvalue weighted by Crippen LogP contribution is -2.15. The molecule has 6 heteroatoms. The number of anilines is 1. The van der Waals surface area contributed by atoms with E-state index >= 15 is 0 Å². The van der Waals surface area contributed by atoms with Crippen LogP contribution in [0.15, 0.2) is 54.7 Å². The van der Waals surface area contributed by atoms with Gasteiger partial charge >= 0.3 is 0 Å². The van der Waals surface area contributed by atoms with Crippen molar-refractivity contribution in [1.82, 2.24) is 15.2 Å². The van der Waals surface area contributed by atoms with Gasteiger partial charge in [0.25, 0.3) is 0 Å². The SMILES string of the molecule is CCOC(CNc1nnc(-c2ccccn2)s1)c1ccccc1. The molecule has 3 rings (SSSR count). The van der Waals surface area contributed by atoms with E-state index in [2.05, 4.69) is 32.6 Å². The highest BCUT2D eigenvalue weighted by molar-refractivity contribution is 7.18. The first-order valence-electron chi connectivity index (χ1n) is 7.52. The van der Waals surface area contributed by atoms with Crippen molar-refractivity contribution >= 4 is 16.5 Å². The predicted octanol–water partition coefficient (Wildman–Crippen LogP) is 3.79. The molecule has 2 aromatic heterocycles. The van der Waals surface area contributed by atoms with E-state index in [-0.39, 0.29) is 6.10 Å². The van der Waals surface area contributed by atoms with Crippen LogP contribution in [0.5, 0.6) is 0 Å². The van der Waals surface area contributed by atoms with Crippen LogP contribution < -0.4 is 5.32 Å². The molecule has 5 nitrogen and oxygen atoms in total. The molecule has 3 aromatic rings. The first-order chi connectivity index (χ1) is 11.4. The Morgan fingerprint density at radius 1 is 1.09 bits per heavy atom. The van der Waals surface area contributed by atoms with Gasteiger partial charge < -0.3 is 10.1 Å². The molecule has 0 aliphatic carbocycles. The van der Waals surface area contributed by atoms with Crippen LogP contribution in [-0.2, 0) is 4.74 Å². The Bertz CT molecular complexity index is 718.